The average Bonchev–Trinajstić information content (AvgIpc) is 0.802. The fourth-order valence-electron chi connectivity index (χ4n) is 13.8. The zero-order valence-corrected chi connectivity index (χ0v) is 74.7. The van der Waals surface area contributed by atoms with Crippen LogP contribution in [-0.2, 0) is 103 Å². The third kappa shape index (κ3) is 37.0. The molecule has 0 saturated heterocycles. The number of aromatic nitrogens is 2. The van der Waals surface area contributed by atoms with Crippen LogP contribution in [0.1, 0.15) is 108 Å². The lowest BCUT2D eigenvalue weighted by Gasteiger charge is -2.23. The van der Waals surface area contributed by atoms with E-state index >= 15 is 0 Å². The molecule has 8 aromatic carbocycles. The van der Waals surface area contributed by atoms with Crippen LogP contribution in [0.3, 0.4) is 0 Å². The third-order valence-electron chi connectivity index (χ3n) is 20.8. The maximum Gasteiger partial charge on any atom is 0.407 e. The maximum atomic E-state index is 14.1. The quantitative estimate of drug-likeness (QED) is 0.00729. The molecule has 3 atom stereocenters. The Morgan fingerprint density at radius 1 is 0.406 bits per heavy atom. The number of carbonyl (C=O) groups is 10. The topological polar surface area (TPSA) is 443 Å². The number of hydrogen-bond donors (Lipinski definition) is 13. The van der Waals surface area contributed by atoms with Gasteiger partial charge in [-0.05, 0) is 152 Å². The standard InChI is InChI=1S/C100H117N13O20/c1-69-39-47-103-89(59-69)101-45-11-21-93(116)109-87(97(121)111-85(61-95(118)113-125)79-35-31-77(32-36-79)83-19-9-15-75-13-3-5-17-81(75)83)67-130-65-73-27-23-71(24-28-73)63-107-91(114)41-49-126-51-53-128-55-57-132-99(123)105-43-7-8-44-106-100(124)133-58-56-129-54-52-127-50-42-92(115)108-64-72-25-29-74(30-26-72)66-131-68-88(110-94(117)22-12-46-102-90-60-70(2)40-48-104-90)98(122)112-86(62-96(119)120)80-37-33-78(34-38-80)84-20-10-16-76-14-4-6-18-82(76)84/h3-6,9-10,13-20,23-40,47-48,59-61,86-88,125H,7-8,11-12,21-22,41-46,49-58,62-68H2,1-2H3,(H,101,103)(H,102,104)(H,105,123)(H,106,124)(H,107,114)(H,108,115)(H,109,116)(H,110,117)(H,111,121)(H,112,122)(H,113,118)(H,119,120)/b85-61+. The number of aliphatic carboxylic acids is 1. The highest BCUT2D eigenvalue weighted by atomic mass is 16.6. The molecule has 33 nitrogen and oxygen atoms in total. The fraction of sp³-hybridized carbons (Fsp3) is 0.340. The van der Waals surface area contributed by atoms with E-state index in [0.717, 1.165) is 83.3 Å². The zero-order chi connectivity index (χ0) is 94.0. The van der Waals surface area contributed by atoms with Crippen LogP contribution in [0.4, 0.5) is 21.2 Å². The van der Waals surface area contributed by atoms with Crippen molar-refractivity contribution in [1.29, 1.82) is 0 Å². The number of carboxylic acid groups (broad SMARTS) is 1. The molecule has 10 aromatic rings. The number of nitrogens with one attached hydrogen (secondary N) is 11. The number of amides is 9. The van der Waals surface area contributed by atoms with Gasteiger partial charge in [0.1, 0.15) is 36.9 Å². The highest BCUT2D eigenvalue weighted by Crippen LogP contribution is 2.32. The molecule has 0 radical (unpaired) electrons. The number of hydrogen-bond acceptors (Lipinski definition) is 23. The minimum atomic E-state index is -1.20. The molecule has 0 aliphatic heterocycles. The van der Waals surface area contributed by atoms with Crippen LogP contribution in [0.2, 0.25) is 0 Å². The number of unbranched alkanes of at least 4 members (excludes halogenated alkanes) is 1. The fourth-order valence-corrected chi connectivity index (χ4v) is 13.8. The monoisotopic (exact) mass is 1820 g/mol. The first-order valence-electron chi connectivity index (χ1n) is 44.3. The number of carboxylic acids is 1. The van der Waals surface area contributed by atoms with Crippen molar-refractivity contribution < 1.29 is 96.2 Å². The number of anilines is 2. The normalized spacial score (nSPS) is 11.9. The molecule has 0 saturated carbocycles. The Morgan fingerprint density at radius 3 is 1.29 bits per heavy atom. The number of pyridine rings is 2. The summed E-state index contributed by atoms with van der Waals surface area (Å²) in [6.45, 7) is 7.06. The molecule has 0 spiro atoms. The number of hydroxylamine groups is 1. The molecular formula is C100H117N13O20. The first-order chi connectivity index (χ1) is 64.8. The minimum absolute atomic E-state index is 0.00514. The van der Waals surface area contributed by atoms with Crippen molar-refractivity contribution in [3.8, 4) is 22.3 Å². The van der Waals surface area contributed by atoms with Crippen LogP contribution in [0.25, 0.3) is 49.5 Å². The van der Waals surface area contributed by atoms with Crippen molar-refractivity contribution in [2.45, 2.75) is 116 Å². The smallest absolute Gasteiger partial charge is 0.407 e. The van der Waals surface area contributed by atoms with E-state index in [0.29, 0.717) is 74.6 Å². The van der Waals surface area contributed by atoms with Crippen molar-refractivity contribution in [2.75, 3.05) is 116 Å². The first kappa shape index (κ1) is 101. The van der Waals surface area contributed by atoms with E-state index in [1.165, 1.54) is 0 Å². The molecule has 10 rings (SSSR count). The predicted octanol–water partition coefficient (Wildman–Crippen LogP) is 11.5. The van der Waals surface area contributed by atoms with Gasteiger partial charge in [0.2, 0.25) is 35.4 Å². The second-order valence-corrected chi connectivity index (χ2v) is 31.2. The van der Waals surface area contributed by atoms with Gasteiger partial charge in [-0.2, -0.15) is 0 Å². The second-order valence-electron chi connectivity index (χ2n) is 31.2. The Hall–Kier alpha value is -14.1. The van der Waals surface area contributed by atoms with Gasteiger partial charge in [-0.3, -0.25) is 43.6 Å². The summed E-state index contributed by atoms with van der Waals surface area (Å²) in [7, 11) is 0. The van der Waals surface area contributed by atoms with Gasteiger partial charge in [-0.15, -0.1) is 0 Å². The molecule has 2 heterocycles. The molecule has 0 fully saturated rings. The Morgan fingerprint density at radius 2 is 0.835 bits per heavy atom. The van der Waals surface area contributed by atoms with E-state index in [-0.39, 0.29) is 155 Å². The van der Waals surface area contributed by atoms with E-state index in [1.807, 2.05) is 196 Å². The molecule has 0 bridgehead atoms. The van der Waals surface area contributed by atoms with Gasteiger partial charge < -0.3 is 96.2 Å². The average molecular weight is 1820 g/mol. The minimum Gasteiger partial charge on any atom is -0.481 e. The van der Waals surface area contributed by atoms with Gasteiger partial charge in [-0.25, -0.2) is 25.0 Å². The van der Waals surface area contributed by atoms with Crippen LogP contribution in [0.15, 0.2) is 225 Å². The summed E-state index contributed by atoms with van der Waals surface area (Å²) < 4.78 is 44.5. The van der Waals surface area contributed by atoms with Crippen molar-refractivity contribution in [2.24, 2.45) is 0 Å². The molecule has 13 N–H and O–H groups in total. The van der Waals surface area contributed by atoms with Gasteiger partial charge in [0, 0.05) is 83.4 Å². The van der Waals surface area contributed by atoms with Crippen molar-refractivity contribution in [3.05, 3.63) is 269 Å². The zero-order valence-electron chi connectivity index (χ0n) is 74.7. The number of carbonyl (C=O) groups excluding carboxylic acids is 9. The summed E-state index contributed by atoms with van der Waals surface area (Å²) >= 11 is 0. The van der Waals surface area contributed by atoms with Gasteiger partial charge in [0.05, 0.1) is 97.4 Å². The van der Waals surface area contributed by atoms with Crippen molar-refractivity contribution in [3.63, 3.8) is 0 Å². The summed E-state index contributed by atoms with van der Waals surface area (Å²) in [5.41, 5.74) is 11.7. The predicted molar refractivity (Wildman–Crippen MR) is 502 cm³/mol. The highest BCUT2D eigenvalue weighted by Gasteiger charge is 2.28. The summed E-state index contributed by atoms with van der Waals surface area (Å²) in [4.78, 5) is 138. The summed E-state index contributed by atoms with van der Waals surface area (Å²) in [6.07, 6.45) is 5.17. The van der Waals surface area contributed by atoms with Crippen LogP contribution < -0.4 is 58.6 Å². The number of ether oxygens (including phenoxy) is 8. The van der Waals surface area contributed by atoms with Crippen LogP contribution in [-0.4, -0.2) is 197 Å². The largest absolute Gasteiger partial charge is 0.481 e. The van der Waals surface area contributed by atoms with Crippen molar-refractivity contribution >= 4 is 98.4 Å². The molecular weight excluding hydrogens is 1700 g/mol. The first-order valence-corrected chi connectivity index (χ1v) is 44.3. The summed E-state index contributed by atoms with van der Waals surface area (Å²) in [6, 6.07) is 61.6. The Bertz CT molecular complexity index is 5430. The number of nitrogens with zero attached hydrogens (tertiary/aromatic N) is 2. The SMILES string of the molecule is Cc1ccnc(NCCCC(=O)NC(COCc2ccc(CNC(=O)CCOCCOCCOC(=O)NCCCCNC(=O)OCCOCCOCCC(=O)NCc3ccc(COCC(NC(=O)CCCNc4cc(C)ccn4)C(=O)NC(CC(=O)O)c4ccc(-c5cccc6ccccc56)cc4)cc3)cc2)C(=O)N/C(=C/C(=O)NO)c2ccc(-c3cccc4ccccc34)cc2)c1. The number of alkyl carbamates (subject to hydrolysis) is 2. The lowest BCUT2D eigenvalue weighted by atomic mass is 9.95. The maximum absolute atomic E-state index is 14.1. The van der Waals surface area contributed by atoms with Gasteiger partial charge in [0.25, 0.3) is 5.91 Å². The number of rotatable bonds is 58. The second kappa shape index (κ2) is 56.5. The van der Waals surface area contributed by atoms with E-state index in [4.69, 9.17) is 37.9 Å². The van der Waals surface area contributed by atoms with E-state index in [9.17, 15) is 58.3 Å². The molecule has 2 aromatic heterocycles. The number of aryl methyl sites for hydroxylation is 2. The number of benzene rings is 8. The third-order valence-corrected chi connectivity index (χ3v) is 20.8. The van der Waals surface area contributed by atoms with Crippen LogP contribution in [0.5, 0.6) is 0 Å². The molecule has 9 amide bonds. The Labute approximate surface area is 772 Å². The summed E-state index contributed by atoms with van der Waals surface area (Å²) in [5.74, 6) is -3.17. The Kier molecular flexibility index (Phi) is 42.9. The van der Waals surface area contributed by atoms with Crippen LogP contribution >= 0.6 is 0 Å². The van der Waals surface area contributed by atoms with E-state index in [2.05, 4.69) is 63.1 Å². The van der Waals surface area contributed by atoms with Gasteiger partial charge >= 0.3 is 18.2 Å². The van der Waals surface area contributed by atoms with E-state index < -0.39 is 66.3 Å². The molecule has 33 heteroatoms. The van der Waals surface area contributed by atoms with E-state index in [1.54, 1.807) is 42.1 Å². The van der Waals surface area contributed by atoms with Gasteiger partial charge in [-0.1, -0.05) is 182 Å². The molecule has 0 aliphatic rings. The molecule has 133 heavy (non-hydrogen) atoms. The molecule has 702 valence electrons. The molecule has 0 aliphatic carbocycles. The van der Waals surface area contributed by atoms with Gasteiger partial charge in [0.15, 0.2) is 0 Å². The van der Waals surface area contributed by atoms with Crippen LogP contribution in [0, 0.1) is 13.8 Å². The van der Waals surface area contributed by atoms with Crippen molar-refractivity contribution in [1.82, 2.24) is 58.0 Å². The molecule has 3 unspecified atom stereocenters. The Balaban J connectivity index is 0.514. The number of fused-ring (bicyclic) bond motifs is 2. The summed E-state index contributed by atoms with van der Waals surface area (Å²) in [5, 5.41) is 52.4. The highest BCUT2D eigenvalue weighted by molar-refractivity contribution is 6.01. The lowest BCUT2D eigenvalue weighted by molar-refractivity contribution is -0.138. The lowest BCUT2D eigenvalue weighted by Crippen LogP contribution is -2.50.